The second-order valence-electron chi connectivity index (χ2n) is 5.91. The Morgan fingerprint density at radius 3 is 3.10 bits per heavy atom. The van der Waals surface area contributed by atoms with Gasteiger partial charge >= 0.3 is 0 Å². The van der Waals surface area contributed by atoms with Crippen molar-refractivity contribution in [3.05, 3.63) is 24.3 Å². The first-order valence-corrected chi connectivity index (χ1v) is 7.61. The van der Waals surface area contributed by atoms with Crippen molar-refractivity contribution < 1.29 is 4.79 Å². The first kappa shape index (κ1) is 12.8. The third kappa shape index (κ3) is 2.29. The van der Waals surface area contributed by atoms with E-state index in [1.807, 2.05) is 29.2 Å². The molecule has 6 nitrogen and oxygen atoms in total. The monoisotopic (exact) mass is 285 g/mol. The van der Waals surface area contributed by atoms with E-state index >= 15 is 0 Å². The van der Waals surface area contributed by atoms with Crippen molar-refractivity contribution in [3.63, 3.8) is 0 Å². The summed E-state index contributed by atoms with van der Waals surface area (Å²) >= 11 is 0. The van der Waals surface area contributed by atoms with Crippen molar-refractivity contribution in [1.29, 1.82) is 0 Å². The second-order valence-corrected chi connectivity index (χ2v) is 5.91. The van der Waals surface area contributed by atoms with Gasteiger partial charge in [-0.25, -0.2) is 4.68 Å². The maximum atomic E-state index is 12.5. The minimum atomic E-state index is 0.150. The fourth-order valence-corrected chi connectivity index (χ4v) is 3.48. The second kappa shape index (κ2) is 5.11. The molecule has 3 heterocycles. The molecule has 1 aromatic carbocycles. The molecule has 1 amide bonds. The smallest absolute Gasteiger partial charge is 0.244 e. The van der Waals surface area contributed by atoms with Gasteiger partial charge in [-0.15, -0.1) is 5.10 Å². The number of para-hydroxylation sites is 1. The number of aromatic nitrogens is 3. The Bertz CT molecular complexity index is 667. The minimum Gasteiger partial charge on any atom is -0.338 e. The molecular weight excluding hydrogens is 266 g/mol. The lowest BCUT2D eigenvalue weighted by molar-refractivity contribution is -0.134. The van der Waals surface area contributed by atoms with E-state index in [4.69, 9.17) is 0 Å². The van der Waals surface area contributed by atoms with Gasteiger partial charge in [0, 0.05) is 25.7 Å². The third-order valence-electron chi connectivity index (χ3n) is 4.65. The number of fused-ring (bicyclic) bond motifs is 2. The van der Waals surface area contributed by atoms with Crippen LogP contribution < -0.4 is 0 Å². The quantitative estimate of drug-likeness (QED) is 0.816. The van der Waals surface area contributed by atoms with Crippen LogP contribution in [0.15, 0.2) is 24.3 Å². The zero-order valence-corrected chi connectivity index (χ0v) is 12.0. The Kier molecular flexibility index (Phi) is 3.11. The topological polar surface area (TPSA) is 54.3 Å². The number of rotatable bonds is 2. The molecule has 0 unspecified atom stereocenters. The molecule has 1 aromatic heterocycles. The van der Waals surface area contributed by atoms with Gasteiger partial charge in [0.2, 0.25) is 5.91 Å². The van der Waals surface area contributed by atoms with Crippen molar-refractivity contribution >= 4 is 16.9 Å². The highest BCUT2D eigenvalue weighted by atomic mass is 16.2. The molecule has 2 fully saturated rings. The fraction of sp³-hybridized carbons (Fsp3) is 0.533. The standard InChI is InChI=1S/C15H19N5O/c21-15(19-9-8-18-7-3-4-12(18)10-19)11-20-14-6-2-1-5-13(14)16-17-20/h1-2,5-6,12H,3-4,7-11H2/t12-/m1/s1. The van der Waals surface area contributed by atoms with Gasteiger partial charge in [-0.05, 0) is 31.5 Å². The summed E-state index contributed by atoms with van der Waals surface area (Å²) < 4.78 is 1.71. The molecular formula is C15H19N5O. The van der Waals surface area contributed by atoms with Crippen LogP contribution in [-0.4, -0.2) is 62.9 Å². The predicted molar refractivity (Wildman–Crippen MR) is 78.7 cm³/mol. The lowest BCUT2D eigenvalue weighted by Crippen LogP contribution is -2.52. The number of amides is 1. The van der Waals surface area contributed by atoms with Crippen LogP contribution in [0.5, 0.6) is 0 Å². The molecule has 0 aliphatic carbocycles. The summed E-state index contributed by atoms with van der Waals surface area (Å²) in [7, 11) is 0. The highest BCUT2D eigenvalue weighted by molar-refractivity contribution is 5.80. The average molecular weight is 285 g/mol. The van der Waals surface area contributed by atoms with E-state index in [9.17, 15) is 4.79 Å². The van der Waals surface area contributed by atoms with E-state index in [1.54, 1.807) is 4.68 Å². The van der Waals surface area contributed by atoms with Gasteiger partial charge in [0.05, 0.1) is 5.52 Å². The Morgan fingerprint density at radius 2 is 2.14 bits per heavy atom. The molecule has 0 spiro atoms. The SMILES string of the molecule is O=C(Cn1nnc2ccccc21)N1CCN2CCC[C@@H]2C1. The molecule has 2 aliphatic rings. The van der Waals surface area contributed by atoms with Gasteiger partial charge in [0.1, 0.15) is 12.1 Å². The van der Waals surface area contributed by atoms with Crippen molar-refractivity contribution in [2.75, 3.05) is 26.2 Å². The van der Waals surface area contributed by atoms with Crippen LogP contribution in [0.3, 0.4) is 0 Å². The molecule has 0 saturated carbocycles. The summed E-state index contributed by atoms with van der Waals surface area (Å²) in [6, 6.07) is 8.32. The number of hydrogen-bond acceptors (Lipinski definition) is 4. The number of carbonyl (C=O) groups is 1. The Labute approximate surface area is 123 Å². The van der Waals surface area contributed by atoms with Crippen molar-refractivity contribution in [3.8, 4) is 0 Å². The number of nitrogens with zero attached hydrogens (tertiary/aromatic N) is 5. The van der Waals surface area contributed by atoms with Gasteiger partial charge in [-0.3, -0.25) is 9.69 Å². The molecule has 2 aromatic rings. The van der Waals surface area contributed by atoms with E-state index in [-0.39, 0.29) is 12.5 Å². The van der Waals surface area contributed by atoms with Crippen LogP contribution in [0.2, 0.25) is 0 Å². The molecule has 2 saturated heterocycles. The summed E-state index contributed by atoms with van der Waals surface area (Å²) in [5.74, 6) is 0.150. The highest BCUT2D eigenvalue weighted by Gasteiger charge is 2.32. The van der Waals surface area contributed by atoms with Crippen LogP contribution in [0.1, 0.15) is 12.8 Å². The number of benzene rings is 1. The van der Waals surface area contributed by atoms with E-state index in [2.05, 4.69) is 15.2 Å². The highest BCUT2D eigenvalue weighted by Crippen LogP contribution is 2.21. The maximum absolute atomic E-state index is 12.5. The van der Waals surface area contributed by atoms with Crippen LogP contribution >= 0.6 is 0 Å². The van der Waals surface area contributed by atoms with Crippen molar-refractivity contribution in [2.45, 2.75) is 25.4 Å². The van der Waals surface area contributed by atoms with Crippen LogP contribution in [-0.2, 0) is 11.3 Å². The molecule has 6 heteroatoms. The van der Waals surface area contributed by atoms with E-state index in [0.717, 1.165) is 30.7 Å². The summed E-state index contributed by atoms with van der Waals surface area (Å²) in [4.78, 5) is 17.0. The summed E-state index contributed by atoms with van der Waals surface area (Å²) in [6.45, 7) is 4.19. The normalized spacial score (nSPS) is 22.7. The predicted octanol–water partition coefficient (Wildman–Crippen LogP) is 0.738. The summed E-state index contributed by atoms with van der Waals surface area (Å²) in [6.07, 6.45) is 2.48. The summed E-state index contributed by atoms with van der Waals surface area (Å²) in [5, 5.41) is 8.21. The van der Waals surface area contributed by atoms with Gasteiger partial charge < -0.3 is 4.90 Å². The molecule has 0 N–H and O–H groups in total. The largest absolute Gasteiger partial charge is 0.338 e. The van der Waals surface area contributed by atoms with Gasteiger partial charge in [-0.1, -0.05) is 17.3 Å². The molecule has 1 atom stereocenters. The van der Waals surface area contributed by atoms with Crippen molar-refractivity contribution in [1.82, 2.24) is 24.8 Å². The Hall–Kier alpha value is -1.95. The number of piperazine rings is 1. The lowest BCUT2D eigenvalue weighted by atomic mass is 10.1. The zero-order chi connectivity index (χ0) is 14.2. The Balaban J connectivity index is 1.48. The van der Waals surface area contributed by atoms with E-state index in [1.165, 1.54) is 19.4 Å². The average Bonchev–Trinajstić information content (AvgIpc) is 3.13. The van der Waals surface area contributed by atoms with Gasteiger partial charge in [0.15, 0.2) is 0 Å². The van der Waals surface area contributed by atoms with Crippen LogP contribution in [0.4, 0.5) is 0 Å². The van der Waals surface area contributed by atoms with Crippen molar-refractivity contribution in [2.24, 2.45) is 0 Å². The molecule has 2 aliphatic heterocycles. The molecule has 0 bridgehead atoms. The molecule has 21 heavy (non-hydrogen) atoms. The first-order valence-electron chi connectivity index (χ1n) is 7.61. The maximum Gasteiger partial charge on any atom is 0.244 e. The number of hydrogen-bond donors (Lipinski definition) is 0. The third-order valence-corrected chi connectivity index (χ3v) is 4.65. The fourth-order valence-electron chi connectivity index (χ4n) is 3.48. The number of carbonyl (C=O) groups excluding carboxylic acids is 1. The van der Waals surface area contributed by atoms with Crippen LogP contribution in [0.25, 0.3) is 11.0 Å². The van der Waals surface area contributed by atoms with E-state index < -0.39 is 0 Å². The van der Waals surface area contributed by atoms with Gasteiger partial charge in [-0.2, -0.15) is 0 Å². The first-order chi connectivity index (χ1) is 10.3. The molecule has 4 rings (SSSR count). The summed E-state index contributed by atoms with van der Waals surface area (Å²) in [5.41, 5.74) is 1.76. The van der Waals surface area contributed by atoms with Crippen LogP contribution in [0, 0.1) is 0 Å². The molecule has 110 valence electrons. The molecule has 0 radical (unpaired) electrons. The minimum absolute atomic E-state index is 0.150. The Morgan fingerprint density at radius 1 is 1.24 bits per heavy atom. The lowest BCUT2D eigenvalue weighted by Gasteiger charge is -2.37. The van der Waals surface area contributed by atoms with E-state index in [0.29, 0.717) is 6.04 Å². The zero-order valence-electron chi connectivity index (χ0n) is 12.0. The van der Waals surface area contributed by atoms with Gasteiger partial charge in [0.25, 0.3) is 0 Å².